The number of Topliss-reactive ketones (excluding diaryl/α,β-unsaturated/α-hetero) is 1. The summed E-state index contributed by atoms with van der Waals surface area (Å²) in [5, 5.41) is 12.1. The molecule has 2 aromatic carbocycles. The van der Waals surface area contributed by atoms with E-state index in [1.807, 2.05) is 18.2 Å². The van der Waals surface area contributed by atoms with Crippen LogP contribution in [0.5, 0.6) is 0 Å². The van der Waals surface area contributed by atoms with Crippen LogP contribution in [0.1, 0.15) is 43.0 Å². The van der Waals surface area contributed by atoms with Crippen LogP contribution in [0, 0.1) is 0 Å². The SMILES string of the molecule is CCCCCC(=O)Nc1ccc(C(=O)CSc2nncn2-c2cccc(Cl)c2)cc1. The molecule has 30 heavy (non-hydrogen) atoms. The van der Waals surface area contributed by atoms with Crippen molar-refractivity contribution in [2.24, 2.45) is 0 Å². The van der Waals surface area contributed by atoms with E-state index >= 15 is 0 Å². The van der Waals surface area contributed by atoms with Crippen LogP contribution in [0.2, 0.25) is 5.02 Å². The average Bonchev–Trinajstić information content (AvgIpc) is 3.21. The largest absolute Gasteiger partial charge is 0.326 e. The third-order valence-corrected chi connectivity index (χ3v) is 5.61. The molecule has 0 atom stereocenters. The van der Waals surface area contributed by atoms with E-state index in [1.54, 1.807) is 41.2 Å². The molecule has 0 bridgehead atoms. The molecule has 0 fully saturated rings. The second kappa shape index (κ2) is 10.9. The smallest absolute Gasteiger partial charge is 0.224 e. The van der Waals surface area contributed by atoms with E-state index in [1.165, 1.54) is 11.8 Å². The van der Waals surface area contributed by atoms with Gasteiger partial charge in [0, 0.05) is 22.7 Å². The number of benzene rings is 2. The number of hydrogen-bond acceptors (Lipinski definition) is 5. The maximum Gasteiger partial charge on any atom is 0.224 e. The number of nitrogens with zero attached hydrogens (tertiary/aromatic N) is 3. The molecule has 0 radical (unpaired) electrons. The fraction of sp³-hybridized carbons (Fsp3) is 0.273. The van der Waals surface area contributed by atoms with Crippen molar-refractivity contribution in [3.8, 4) is 5.69 Å². The highest BCUT2D eigenvalue weighted by molar-refractivity contribution is 7.99. The van der Waals surface area contributed by atoms with Crippen LogP contribution >= 0.6 is 23.4 Å². The lowest BCUT2D eigenvalue weighted by Gasteiger charge is -2.07. The molecule has 0 aliphatic rings. The molecule has 3 rings (SSSR count). The zero-order valence-electron chi connectivity index (χ0n) is 16.7. The monoisotopic (exact) mass is 442 g/mol. The zero-order chi connectivity index (χ0) is 21.3. The predicted octanol–water partition coefficient (Wildman–Crippen LogP) is 5.41. The number of hydrogen-bond donors (Lipinski definition) is 1. The van der Waals surface area contributed by atoms with Crippen molar-refractivity contribution in [2.75, 3.05) is 11.1 Å². The Bertz CT molecular complexity index is 1000. The Morgan fingerprint density at radius 1 is 1.13 bits per heavy atom. The molecule has 0 spiro atoms. The highest BCUT2D eigenvalue weighted by Gasteiger charge is 2.12. The Morgan fingerprint density at radius 2 is 1.93 bits per heavy atom. The third kappa shape index (κ3) is 6.18. The van der Waals surface area contributed by atoms with Gasteiger partial charge in [0.2, 0.25) is 5.91 Å². The Balaban J connectivity index is 1.56. The molecule has 6 nitrogen and oxygen atoms in total. The van der Waals surface area contributed by atoms with Crippen molar-refractivity contribution in [3.05, 3.63) is 65.4 Å². The number of unbranched alkanes of at least 4 members (excludes halogenated alkanes) is 2. The van der Waals surface area contributed by atoms with Gasteiger partial charge in [0.05, 0.1) is 11.4 Å². The van der Waals surface area contributed by atoms with Crippen LogP contribution < -0.4 is 5.32 Å². The Kier molecular flexibility index (Phi) is 8.04. The van der Waals surface area contributed by atoms with Crippen molar-refractivity contribution in [1.29, 1.82) is 0 Å². The second-order valence-corrected chi connectivity index (χ2v) is 8.14. The normalized spacial score (nSPS) is 10.7. The Morgan fingerprint density at radius 3 is 2.67 bits per heavy atom. The molecule has 156 valence electrons. The predicted molar refractivity (Wildman–Crippen MR) is 121 cm³/mol. The highest BCUT2D eigenvalue weighted by atomic mass is 35.5. The summed E-state index contributed by atoms with van der Waals surface area (Å²) < 4.78 is 1.79. The van der Waals surface area contributed by atoms with Crippen molar-refractivity contribution in [1.82, 2.24) is 14.8 Å². The first kappa shape index (κ1) is 22.1. The van der Waals surface area contributed by atoms with Gasteiger partial charge in [-0.3, -0.25) is 14.2 Å². The van der Waals surface area contributed by atoms with Gasteiger partial charge < -0.3 is 5.32 Å². The first-order valence-electron chi connectivity index (χ1n) is 9.78. The molecule has 0 saturated carbocycles. The lowest BCUT2D eigenvalue weighted by molar-refractivity contribution is -0.116. The van der Waals surface area contributed by atoms with E-state index in [4.69, 9.17) is 11.6 Å². The summed E-state index contributed by atoms with van der Waals surface area (Å²) in [6, 6.07) is 14.3. The Labute approximate surface area is 185 Å². The van der Waals surface area contributed by atoms with Crippen LogP contribution in [0.25, 0.3) is 5.69 Å². The number of anilines is 1. The van der Waals surface area contributed by atoms with Gasteiger partial charge in [-0.25, -0.2) is 0 Å². The number of nitrogens with one attached hydrogen (secondary N) is 1. The van der Waals surface area contributed by atoms with Gasteiger partial charge in [-0.15, -0.1) is 10.2 Å². The van der Waals surface area contributed by atoms with Gasteiger partial charge >= 0.3 is 0 Å². The molecule has 0 aliphatic carbocycles. The number of carbonyl (C=O) groups excluding carboxylic acids is 2. The van der Waals surface area contributed by atoms with Gasteiger partial charge in [0.15, 0.2) is 10.9 Å². The van der Waals surface area contributed by atoms with Gasteiger partial charge in [-0.2, -0.15) is 0 Å². The number of aromatic nitrogens is 3. The summed E-state index contributed by atoms with van der Waals surface area (Å²) in [4.78, 5) is 24.5. The van der Waals surface area contributed by atoms with Crippen molar-refractivity contribution in [3.63, 3.8) is 0 Å². The summed E-state index contributed by atoms with van der Waals surface area (Å²) >= 11 is 7.37. The molecule has 1 heterocycles. The molecule has 3 aromatic rings. The van der Waals surface area contributed by atoms with E-state index in [2.05, 4.69) is 22.4 Å². The fourth-order valence-corrected chi connectivity index (χ4v) is 3.85. The average molecular weight is 443 g/mol. The minimum Gasteiger partial charge on any atom is -0.326 e. The number of rotatable bonds is 10. The maximum absolute atomic E-state index is 12.6. The first-order valence-corrected chi connectivity index (χ1v) is 11.1. The molecule has 0 unspecified atom stereocenters. The van der Waals surface area contributed by atoms with E-state index < -0.39 is 0 Å². The summed E-state index contributed by atoms with van der Waals surface area (Å²) in [7, 11) is 0. The summed E-state index contributed by atoms with van der Waals surface area (Å²) in [5.41, 5.74) is 2.11. The first-order chi connectivity index (χ1) is 14.6. The number of thioether (sulfide) groups is 1. The quantitative estimate of drug-likeness (QED) is 0.258. The van der Waals surface area contributed by atoms with Crippen molar-refractivity contribution in [2.45, 2.75) is 37.8 Å². The molecule has 0 saturated heterocycles. The van der Waals surface area contributed by atoms with Crippen LogP contribution in [0.4, 0.5) is 5.69 Å². The molecular formula is C22H23ClN4O2S. The minimum atomic E-state index is -0.0264. The third-order valence-electron chi connectivity index (χ3n) is 4.43. The van der Waals surface area contributed by atoms with Crippen LogP contribution in [-0.2, 0) is 4.79 Å². The maximum atomic E-state index is 12.6. The molecular weight excluding hydrogens is 420 g/mol. The van der Waals surface area contributed by atoms with Crippen molar-refractivity contribution < 1.29 is 9.59 Å². The Hall–Kier alpha value is -2.64. The van der Waals surface area contributed by atoms with E-state index in [-0.39, 0.29) is 17.4 Å². The van der Waals surface area contributed by atoms with E-state index in [0.29, 0.717) is 27.9 Å². The summed E-state index contributed by atoms with van der Waals surface area (Å²) in [5.74, 6) is 0.196. The van der Waals surface area contributed by atoms with E-state index in [0.717, 1.165) is 24.9 Å². The van der Waals surface area contributed by atoms with Gasteiger partial charge in [0.1, 0.15) is 6.33 Å². The topological polar surface area (TPSA) is 76.9 Å². The standard InChI is InChI=1S/C22H23ClN4O2S/c1-2-3-4-8-21(29)25-18-11-9-16(10-12-18)20(28)14-30-22-26-24-15-27(22)19-7-5-6-17(23)13-19/h5-7,9-13,15H,2-4,8,14H2,1H3,(H,25,29). The molecule has 0 aliphatic heterocycles. The van der Waals surface area contributed by atoms with Crippen molar-refractivity contribution >= 4 is 40.7 Å². The summed E-state index contributed by atoms with van der Waals surface area (Å²) in [6.45, 7) is 2.10. The molecule has 1 N–H and O–H groups in total. The van der Waals surface area contributed by atoms with Gasteiger partial charge in [0.25, 0.3) is 0 Å². The molecule has 8 heteroatoms. The zero-order valence-corrected chi connectivity index (χ0v) is 18.2. The van der Waals surface area contributed by atoms with Crippen LogP contribution in [-0.4, -0.2) is 32.2 Å². The lowest BCUT2D eigenvalue weighted by Crippen LogP contribution is -2.11. The summed E-state index contributed by atoms with van der Waals surface area (Å²) in [6.07, 6.45) is 5.12. The van der Waals surface area contributed by atoms with E-state index in [9.17, 15) is 9.59 Å². The van der Waals surface area contributed by atoms with Gasteiger partial charge in [-0.05, 0) is 48.9 Å². The van der Waals surface area contributed by atoms with Crippen LogP contribution in [0.3, 0.4) is 0 Å². The lowest BCUT2D eigenvalue weighted by atomic mass is 10.1. The number of carbonyl (C=O) groups is 2. The van der Waals surface area contributed by atoms with Crippen LogP contribution in [0.15, 0.2) is 60.0 Å². The fourth-order valence-electron chi connectivity index (χ4n) is 2.84. The van der Waals surface area contributed by atoms with Gasteiger partial charge in [-0.1, -0.05) is 49.2 Å². The highest BCUT2D eigenvalue weighted by Crippen LogP contribution is 2.23. The molecule has 1 aromatic heterocycles. The second-order valence-electron chi connectivity index (χ2n) is 6.76. The number of amides is 1. The molecule has 1 amide bonds. The number of ketones is 1. The number of halogens is 1. The minimum absolute atomic E-state index is 0.00145.